The molecule has 1 aromatic carbocycles. The lowest BCUT2D eigenvalue weighted by molar-refractivity contribution is -0.118. The number of hydrogen-bond donors (Lipinski definition) is 2. The quantitative estimate of drug-likeness (QED) is 0.426. The Hall–Kier alpha value is -2.68. The van der Waals surface area contributed by atoms with Crippen LogP contribution >= 0.6 is 0 Å². The summed E-state index contributed by atoms with van der Waals surface area (Å²) in [6.45, 7) is -0.261. The molecule has 1 aromatic heterocycles. The van der Waals surface area contributed by atoms with Gasteiger partial charge in [-0.25, -0.2) is 15.0 Å². The maximum Gasteiger partial charge on any atom is 0.408 e. The van der Waals surface area contributed by atoms with Gasteiger partial charge in [0.2, 0.25) is 0 Å². The van der Waals surface area contributed by atoms with Crippen LogP contribution in [0.25, 0.3) is 0 Å². The van der Waals surface area contributed by atoms with Crippen molar-refractivity contribution in [1.29, 1.82) is 0 Å². The van der Waals surface area contributed by atoms with Gasteiger partial charge in [-0.15, -0.1) is 0 Å². The van der Waals surface area contributed by atoms with E-state index < -0.39 is 12.7 Å². The van der Waals surface area contributed by atoms with Gasteiger partial charge in [-0.1, -0.05) is 30.3 Å². The van der Waals surface area contributed by atoms with Gasteiger partial charge in [-0.3, -0.25) is 0 Å². The van der Waals surface area contributed by atoms with Crippen LogP contribution in [-0.2, 0) is 17.8 Å². The largest absolute Gasteiger partial charge is 0.408 e. The number of benzene rings is 1. The smallest absolute Gasteiger partial charge is 0.377 e. The number of nitrogens with one attached hydrogen (secondary N) is 1. The number of nitrogens with two attached hydrogens (primary N) is 1. The molecule has 0 bridgehead atoms. The normalized spacial score (nSPS) is 12.2. The van der Waals surface area contributed by atoms with E-state index in [-0.39, 0.29) is 5.96 Å². The van der Waals surface area contributed by atoms with E-state index in [1.807, 2.05) is 30.3 Å². The molecule has 0 amide bonds. The molecule has 0 aliphatic carbocycles. The van der Waals surface area contributed by atoms with Crippen LogP contribution in [0, 0.1) is 0 Å². The highest BCUT2D eigenvalue weighted by atomic mass is 19.4. The number of rotatable bonds is 8. The van der Waals surface area contributed by atoms with Crippen LogP contribution in [0.4, 0.5) is 19.0 Å². The average molecular weight is 367 g/mol. The van der Waals surface area contributed by atoms with E-state index in [0.29, 0.717) is 37.7 Å². The van der Waals surface area contributed by atoms with Crippen LogP contribution in [0.5, 0.6) is 0 Å². The summed E-state index contributed by atoms with van der Waals surface area (Å²) >= 11 is 0. The van der Waals surface area contributed by atoms with Crippen LogP contribution in [0.15, 0.2) is 47.6 Å². The van der Waals surface area contributed by atoms with Crippen molar-refractivity contribution < 1.29 is 17.9 Å². The molecule has 1 heterocycles. The van der Waals surface area contributed by atoms with Crippen LogP contribution in [0.1, 0.15) is 17.8 Å². The zero-order chi connectivity index (χ0) is 18.8. The summed E-state index contributed by atoms with van der Waals surface area (Å²) in [4.78, 5) is 11.5. The fraction of sp³-hybridized carbons (Fsp3) is 0.353. The predicted molar refractivity (Wildman–Crippen MR) is 92.6 cm³/mol. The van der Waals surface area contributed by atoms with Crippen molar-refractivity contribution in [3.63, 3.8) is 0 Å². The third-order valence-corrected chi connectivity index (χ3v) is 3.19. The molecule has 2 aromatic rings. The minimum atomic E-state index is -4.40. The van der Waals surface area contributed by atoms with Gasteiger partial charge in [0.1, 0.15) is 18.2 Å². The van der Waals surface area contributed by atoms with Crippen LogP contribution in [-0.4, -0.2) is 35.3 Å². The topological polar surface area (TPSA) is 85.4 Å². The molecule has 140 valence electrons. The highest BCUT2D eigenvalue weighted by molar-refractivity contribution is 5.91. The monoisotopic (exact) mass is 367 g/mol. The van der Waals surface area contributed by atoms with Gasteiger partial charge in [0, 0.05) is 19.2 Å². The summed E-state index contributed by atoms with van der Waals surface area (Å²) in [5, 5.41) is 2.52. The number of ether oxygens (including phenoxy) is 1. The Bertz CT molecular complexity index is 707. The molecule has 26 heavy (non-hydrogen) atoms. The van der Waals surface area contributed by atoms with Crippen molar-refractivity contribution in [3.05, 3.63) is 54.0 Å². The number of guanidine groups is 1. The Morgan fingerprint density at radius 3 is 2.69 bits per heavy atom. The zero-order valence-electron chi connectivity index (χ0n) is 14.0. The number of anilines is 1. The molecule has 2 rings (SSSR count). The van der Waals surface area contributed by atoms with Crippen molar-refractivity contribution in [2.24, 2.45) is 10.7 Å². The van der Waals surface area contributed by atoms with Crippen LogP contribution in [0.3, 0.4) is 0 Å². The number of alkyl halides is 3. The van der Waals surface area contributed by atoms with Crippen molar-refractivity contribution in [2.45, 2.75) is 25.6 Å². The second-order valence-electron chi connectivity index (χ2n) is 5.44. The second kappa shape index (κ2) is 9.71. The first kappa shape index (κ1) is 19.6. The summed E-state index contributed by atoms with van der Waals surface area (Å²) in [5.74, 6) is 0.490. The molecule has 0 aliphatic rings. The predicted octanol–water partition coefficient (Wildman–Crippen LogP) is 2.91. The summed E-state index contributed by atoms with van der Waals surface area (Å²) in [6.07, 6.45) is -1.60. The van der Waals surface area contributed by atoms with Gasteiger partial charge in [0.15, 0.2) is 5.96 Å². The van der Waals surface area contributed by atoms with Crippen LogP contribution in [0.2, 0.25) is 0 Å². The molecule has 0 aliphatic heterocycles. The molecular weight excluding hydrogens is 347 g/mol. The van der Waals surface area contributed by atoms with Gasteiger partial charge in [-0.2, -0.15) is 13.2 Å². The SMILES string of the molecule is N/C(=N/CC(F)(F)F)Nc1ccnc(CCCOCc2ccccc2)n1. The van der Waals surface area contributed by atoms with Gasteiger partial charge in [-0.05, 0) is 18.1 Å². The van der Waals surface area contributed by atoms with E-state index in [4.69, 9.17) is 10.5 Å². The van der Waals surface area contributed by atoms with Crippen molar-refractivity contribution in [1.82, 2.24) is 9.97 Å². The van der Waals surface area contributed by atoms with Crippen molar-refractivity contribution in [2.75, 3.05) is 18.5 Å². The number of aromatic nitrogens is 2. The number of hydrogen-bond acceptors (Lipinski definition) is 4. The molecule has 9 heteroatoms. The molecular formula is C17H20F3N5O. The molecule has 3 N–H and O–H groups in total. The summed E-state index contributed by atoms with van der Waals surface area (Å²) in [5.41, 5.74) is 6.52. The zero-order valence-corrected chi connectivity index (χ0v) is 14.0. The summed E-state index contributed by atoms with van der Waals surface area (Å²) in [7, 11) is 0. The van der Waals surface area contributed by atoms with Crippen molar-refractivity contribution >= 4 is 11.8 Å². The van der Waals surface area contributed by atoms with Gasteiger partial charge < -0.3 is 15.8 Å². The first-order valence-corrected chi connectivity index (χ1v) is 8.00. The fourth-order valence-electron chi connectivity index (χ4n) is 2.03. The second-order valence-corrected chi connectivity index (χ2v) is 5.44. The standard InChI is InChI=1S/C17H20F3N5O/c18-17(19,20)12-23-16(21)25-15-8-9-22-14(24-15)7-4-10-26-11-13-5-2-1-3-6-13/h1-3,5-6,8-9H,4,7,10-12H2,(H3,21,22,23,24,25). The highest BCUT2D eigenvalue weighted by Crippen LogP contribution is 2.14. The number of aryl methyl sites for hydroxylation is 1. The first-order chi connectivity index (χ1) is 12.4. The lowest BCUT2D eigenvalue weighted by atomic mass is 10.2. The Morgan fingerprint density at radius 1 is 1.19 bits per heavy atom. The molecule has 0 saturated carbocycles. The lowest BCUT2D eigenvalue weighted by Crippen LogP contribution is -2.26. The highest BCUT2D eigenvalue weighted by Gasteiger charge is 2.26. The Labute approximate surface area is 149 Å². The van der Waals surface area contributed by atoms with Gasteiger partial charge in [0.25, 0.3) is 0 Å². The fourth-order valence-corrected chi connectivity index (χ4v) is 2.03. The number of aliphatic imine (C=N–C) groups is 1. The van der Waals surface area contributed by atoms with E-state index in [2.05, 4.69) is 20.3 Å². The molecule has 0 saturated heterocycles. The summed E-state index contributed by atoms with van der Waals surface area (Å²) < 4.78 is 41.9. The van der Waals surface area contributed by atoms with E-state index >= 15 is 0 Å². The van der Waals surface area contributed by atoms with E-state index in [1.165, 1.54) is 12.3 Å². The minimum absolute atomic E-state index is 0.295. The number of halogens is 3. The van der Waals surface area contributed by atoms with E-state index in [9.17, 15) is 13.2 Å². The average Bonchev–Trinajstić information content (AvgIpc) is 2.60. The summed E-state index contributed by atoms with van der Waals surface area (Å²) in [6, 6.07) is 11.3. The minimum Gasteiger partial charge on any atom is -0.377 e. The molecule has 0 atom stereocenters. The lowest BCUT2D eigenvalue weighted by Gasteiger charge is -2.08. The van der Waals surface area contributed by atoms with Gasteiger partial charge >= 0.3 is 6.18 Å². The Morgan fingerprint density at radius 2 is 1.96 bits per heavy atom. The molecule has 0 unspecified atom stereocenters. The maximum atomic E-state index is 12.1. The molecule has 0 spiro atoms. The van der Waals surface area contributed by atoms with Crippen molar-refractivity contribution in [3.8, 4) is 0 Å². The molecule has 0 fully saturated rings. The van der Waals surface area contributed by atoms with Gasteiger partial charge in [0.05, 0.1) is 6.61 Å². The number of nitrogens with zero attached hydrogens (tertiary/aromatic N) is 3. The third kappa shape index (κ3) is 7.93. The third-order valence-electron chi connectivity index (χ3n) is 3.19. The molecule has 0 radical (unpaired) electrons. The first-order valence-electron chi connectivity index (χ1n) is 8.00. The Balaban J connectivity index is 1.74. The van der Waals surface area contributed by atoms with Crippen LogP contribution < -0.4 is 11.1 Å². The van der Waals surface area contributed by atoms with E-state index in [1.54, 1.807) is 0 Å². The maximum absolute atomic E-state index is 12.1. The Kier molecular flexibility index (Phi) is 7.34. The van der Waals surface area contributed by atoms with E-state index in [0.717, 1.165) is 5.56 Å². The molecule has 6 nitrogen and oxygen atoms in total.